The van der Waals surface area contributed by atoms with E-state index < -0.39 is 5.95 Å². The molecule has 0 unspecified atom stereocenters. The van der Waals surface area contributed by atoms with Crippen molar-refractivity contribution in [3.63, 3.8) is 0 Å². The van der Waals surface area contributed by atoms with Gasteiger partial charge in [0, 0.05) is 11.5 Å². The lowest BCUT2D eigenvalue weighted by molar-refractivity contribution is 0.503. The molecule has 0 spiro atoms. The third-order valence-electron chi connectivity index (χ3n) is 1.33. The number of nitrogens with zero attached hydrogens (tertiary/aromatic N) is 2. The SMILES string of the molecule is CC(C)(C)c1nc(F)cc(Cl)n1. The van der Waals surface area contributed by atoms with Crippen molar-refractivity contribution in [1.29, 1.82) is 0 Å². The van der Waals surface area contributed by atoms with Crippen LogP contribution in [0.15, 0.2) is 6.07 Å². The van der Waals surface area contributed by atoms with Gasteiger partial charge in [-0.1, -0.05) is 32.4 Å². The summed E-state index contributed by atoms with van der Waals surface area (Å²) in [4.78, 5) is 7.56. The maximum atomic E-state index is 12.7. The number of rotatable bonds is 0. The van der Waals surface area contributed by atoms with Crippen LogP contribution in [0, 0.1) is 5.95 Å². The molecular formula is C8H10ClFN2. The molecule has 0 fully saturated rings. The van der Waals surface area contributed by atoms with Crippen molar-refractivity contribution in [1.82, 2.24) is 9.97 Å². The molecule has 66 valence electrons. The van der Waals surface area contributed by atoms with Crippen molar-refractivity contribution in [3.05, 3.63) is 23.0 Å². The van der Waals surface area contributed by atoms with Crippen LogP contribution in [-0.2, 0) is 5.41 Å². The number of aromatic nitrogens is 2. The first-order chi connectivity index (χ1) is 5.39. The molecule has 0 saturated carbocycles. The normalized spacial score (nSPS) is 11.8. The fraction of sp³-hybridized carbons (Fsp3) is 0.500. The first-order valence-electron chi connectivity index (χ1n) is 3.60. The maximum Gasteiger partial charge on any atom is 0.217 e. The molecule has 1 aromatic heterocycles. The Bertz CT molecular complexity index is 273. The average Bonchev–Trinajstić information content (AvgIpc) is 1.82. The summed E-state index contributed by atoms with van der Waals surface area (Å²) in [5, 5.41) is 0.146. The van der Waals surface area contributed by atoms with Crippen molar-refractivity contribution in [2.75, 3.05) is 0 Å². The first-order valence-corrected chi connectivity index (χ1v) is 3.98. The molecule has 0 atom stereocenters. The highest BCUT2D eigenvalue weighted by Crippen LogP contribution is 2.19. The van der Waals surface area contributed by atoms with Gasteiger partial charge in [-0.25, -0.2) is 9.97 Å². The van der Waals surface area contributed by atoms with E-state index in [1.165, 1.54) is 0 Å². The van der Waals surface area contributed by atoms with Crippen LogP contribution in [0.25, 0.3) is 0 Å². The van der Waals surface area contributed by atoms with Gasteiger partial charge in [-0.15, -0.1) is 0 Å². The van der Waals surface area contributed by atoms with Crippen molar-refractivity contribution < 1.29 is 4.39 Å². The van der Waals surface area contributed by atoms with Gasteiger partial charge in [0.25, 0.3) is 0 Å². The monoisotopic (exact) mass is 188 g/mol. The quantitative estimate of drug-likeness (QED) is 0.585. The van der Waals surface area contributed by atoms with Gasteiger partial charge in [-0.3, -0.25) is 0 Å². The van der Waals surface area contributed by atoms with Gasteiger partial charge in [0.2, 0.25) is 5.95 Å². The Labute approximate surface area is 75.8 Å². The van der Waals surface area contributed by atoms with E-state index in [4.69, 9.17) is 11.6 Å². The second-order valence-corrected chi connectivity index (χ2v) is 3.97. The summed E-state index contributed by atoms with van der Waals surface area (Å²) in [6.45, 7) is 5.70. The highest BCUT2D eigenvalue weighted by atomic mass is 35.5. The number of hydrogen-bond acceptors (Lipinski definition) is 2. The summed E-state index contributed by atoms with van der Waals surface area (Å²) in [6, 6.07) is 1.09. The van der Waals surface area contributed by atoms with Gasteiger partial charge in [0.05, 0.1) is 0 Å². The lowest BCUT2D eigenvalue weighted by Crippen LogP contribution is -2.16. The van der Waals surface area contributed by atoms with Crippen LogP contribution in [0.3, 0.4) is 0 Å². The molecule has 4 heteroatoms. The van der Waals surface area contributed by atoms with E-state index in [-0.39, 0.29) is 10.6 Å². The third kappa shape index (κ3) is 2.14. The summed E-state index contributed by atoms with van der Waals surface area (Å²) < 4.78 is 12.7. The predicted octanol–water partition coefficient (Wildman–Crippen LogP) is 2.57. The zero-order valence-electron chi connectivity index (χ0n) is 7.23. The van der Waals surface area contributed by atoms with Crippen LogP contribution in [0.5, 0.6) is 0 Å². The summed E-state index contributed by atoms with van der Waals surface area (Å²) in [7, 11) is 0. The van der Waals surface area contributed by atoms with Gasteiger partial charge in [0.1, 0.15) is 11.0 Å². The molecule has 0 radical (unpaired) electrons. The molecule has 0 aliphatic rings. The lowest BCUT2D eigenvalue weighted by atomic mass is 9.96. The zero-order valence-corrected chi connectivity index (χ0v) is 7.98. The van der Waals surface area contributed by atoms with Crippen LogP contribution in [0.1, 0.15) is 26.6 Å². The average molecular weight is 189 g/mol. The van der Waals surface area contributed by atoms with E-state index in [1.807, 2.05) is 20.8 Å². The Morgan fingerprint density at radius 3 is 2.33 bits per heavy atom. The standard InChI is InChI=1S/C8H10ClFN2/c1-8(2,3)7-11-5(9)4-6(10)12-7/h4H,1-3H3. The third-order valence-corrected chi connectivity index (χ3v) is 1.53. The van der Waals surface area contributed by atoms with E-state index in [0.717, 1.165) is 6.07 Å². The molecule has 1 rings (SSSR count). The minimum absolute atomic E-state index is 0.146. The summed E-state index contributed by atoms with van der Waals surface area (Å²) in [6.07, 6.45) is 0. The van der Waals surface area contributed by atoms with Gasteiger partial charge in [0.15, 0.2) is 0 Å². The fourth-order valence-corrected chi connectivity index (χ4v) is 0.896. The Morgan fingerprint density at radius 1 is 1.33 bits per heavy atom. The van der Waals surface area contributed by atoms with Crippen LogP contribution >= 0.6 is 11.6 Å². The second kappa shape index (κ2) is 2.98. The van der Waals surface area contributed by atoms with E-state index in [9.17, 15) is 4.39 Å². The van der Waals surface area contributed by atoms with Gasteiger partial charge >= 0.3 is 0 Å². The molecule has 0 amide bonds. The fourth-order valence-electron chi connectivity index (χ4n) is 0.726. The van der Waals surface area contributed by atoms with Crippen molar-refractivity contribution >= 4 is 11.6 Å². The topological polar surface area (TPSA) is 25.8 Å². The Hall–Kier alpha value is -0.700. The molecule has 1 heterocycles. The number of halogens is 2. The van der Waals surface area contributed by atoms with Crippen LogP contribution < -0.4 is 0 Å². The van der Waals surface area contributed by atoms with Gasteiger partial charge < -0.3 is 0 Å². The lowest BCUT2D eigenvalue weighted by Gasteiger charge is -2.15. The van der Waals surface area contributed by atoms with E-state index in [0.29, 0.717) is 5.82 Å². The van der Waals surface area contributed by atoms with Crippen LogP contribution in [0.4, 0.5) is 4.39 Å². The molecule has 0 saturated heterocycles. The van der Waals surface area contributed by atoms with E-state index in [2.05, 4.69) is 9.97 Å². The van der Waals surface area contributed by atoms with Crippen molar-refractivity contribution in [2.24, 2.45) is 0 Å². The summed E-state index contributed by atoms with van der Waals surface area (Å²) in [5.74, 6) is -0.160. The van der Waals surface area contributed by atoms with Crippen LogP contribution in [-0.4, -0.2) is 9.97 Å². The highest BCUT2D eigenvalue weighted by Gasteiger charge is 2.18. The summed E-state index contributed by atoms with van der Waals surface area (Å²) >= 11 is 5.57. The van der Waals surface area contributed by atoms with E-state index >= 15 is 0 Å². The minimum atomic E-state index is -0.583. The highest BCUT2D eigenvalue weighted by molar-refractivity contribution is 6.29. The molecule has 0 N–H and O–H groups in total. The minimum Gasteiger partial charge on any atom is -0.220 e. The van der Waals surface area contributed by atoms with Crippen LogP contribution in [0.2, 0.25) is 5.15 Å². The van der Waals surface area contributed by atoms with Crippen molar-refractivity contribution in [3.8, 4) is 0 Å². The smallest absolute Gasteiger partial charge is 0.217 e. The maximum absolute atomic E-state index is 12.7. The molecule has 0 aliphatic heterocycles. The molecule has 0 aliphatic carbocycles. The second-order valence-electron chi connectivity index (χ2n) is 3.59. The molecule has 12 heavy (non-hydrogen) atoms. The number of hydrogen-bond donors (Lipinski definition) is 0. The zero-order chi connectivity index (χ0) is 9.35. The Morgan fingerprint density at radius 2 is 1.92 bits per heavy atom. The molecule has 2 nitrogen and oxygen atoms in total. The Balaban J connectivity index is 3.18. The van der Waals surface area contributed by atoms with Gasteiger partial charge in [-0.2, -0.15) is 4.39 Å². The summed E-state index contributed by atoms with van der Waals surface area (Å²) in [5.41, 5.74) is -0.272. The van der Waals surface area contributed by atoms with E-state index in [1.54, 1.807) is 0 Å². The molecular weight excluding hydrogens is 179 g/mol. The Kier molecular flexibility index (Phi) is 2.33. The first kappa shape index (κ1) is 9.39. The van der Waals surface area contributed by atoms with Crippen molar-refractivity contribution in [2.45, 2.75) is 26.2 Å². The predicted molar refractivity (Wildman–Crippen MR) is 45.7 cm³/mol. The molecule has 0 bridgehead atoms. The molecule has 0 aromatic carbocycles. The largest absolute Gasteiger partial charge is 0.220 e. The molecule has 1 aromatic rings. The van der Waals surface area contributed by atoms with Gasteiger partial charge in [-0.05, 0) is 0 Å².